The summed E-state index contributed by atoms with van der Waals surface area (Å²) in [5.41, 5.74) is 1.13. The number of nitrogens with zero attached hydrogens (tertiary/aromatic N) is 5. The Morgan fingerprint density at radius 2 is 1.86 bits per heavy atom. The van der Waals surface area contributed by atoms with Crippen LogP contribution in [0.25, 0.3) is 10.9 Å². The van der Waals surface area contributed by atoms with Gasteiger partial charge in [0, 0.05) is 23.1 Å². The Morgan fingerprint density at radius 1 is 1.21 bits per heavy atom. The number of methoxy groups -OCH3 is 2. The Labute approximate surface area is 178 Å². The minimum absolute atomic E-state index is 0.159. The number of hydrogen-bond donors (Lipinski definition) is 0. The Hall–Kier alpha value is -2.15. The van der Waals surface area contributed by atoms with Gasteiger partial charge in [0.25, 0.3) is 0 Å². The molecule has 0 spiro atoms. The lowest BCUT2D eigenvalue weighted by Crippen LogP contribution is -2.44. The van der Waals surface area contributed by atoms with Crippen LogP contribution in [0.2, 0.25) is 0 Å². The summed E-state index contributed by atoms with van der Waals surface area (Å²) in [7, 11) is 3.17. The molecule has 0 amide bonds. The van der Waals surface area contributed by atoms with Crippen LogP contribution in [0.4, 0.5) is 0 Å². The predicted molar refractivity (Wildman–Crippen MR) is 117 cm³/mol. The molecule has 1 aliphatic heterocycles. The molecule has 0 saturated carbocycles. The maximum absolute atomic E-state index is 10.1. The topological polar surface area (TPSA) is 83.6 Å². The summed E-state index contributed by atoms with van der Waals surface area (Å²) >= 11 is 2.41. The highest BCUT2D eigenvalue weighted by Gasteiger charge is 2.44. The lowest BCUT2D eigenvalue weighted by molar-refractivity contribution is 0.305. The molecule has 2 atom stereocenters. The monoisotopic (exact) mass is 493 g/mol. The minimum Gasteiger partial charge on any atom is -0.493 e. The van der Waals surface area contributed by atoms with E-state index in [0.717, 1.165) is 16.8 Å². The third-order valence-electron chi connectivity index (χ3n) is 4.92. The van der Waals surface area contributed by atoms with Gasteiger partial charge in [-0.05, 0) is 33.8 Å². The molecule has 148 valence electrons. The highest BCUT2D eigenvalue weighted by Crippen LogP contribution is 2.40. The van der Waals surface area contributed by atoms with E-state index in [9.17, 15) is 5.26 Å². The first-order chi connectivity index (χ1) is 13.2. The fraction of sp³-hybridized carbons (Fsp3) is 0.500. The lowest BCUT2D eigenvalue weighted by Gasteiger charge is -2.33. The summed E-state index contributed by atoms with van der Waals surface area (Å²) in [4.78, 5) is 7.17. The van der Waals surface area contributed by atoms with Crippen LogP contribution < -0.4 is 9.47 Å². The zero-order chi connectivity index (χ0) is 20.6. The van der Waals surface area contributed by atoms with E-state index in [1.165, 1.54) is 0 Å². The average Bonchev–Trinajstić information content (AvgIpc) is 2.90. The van der Waals surface area contributed by atoms with E-state index in [2.05, 4.69) is 71.5 Å². The molecule has 0 N–H and O–H groups in total. The molecule has 1 aromatic carbocycles. The third kappa shape index (κ3) is 3.36. The first-order valence-electron chi connectivity index (χ1n) is 9.04. The summed E-state index contributed by atoms with van der Waals surface area (Å²) in [6, 6.07) is 6.29. The van der Waals surface area contributed by atoms with Crippen LogP contribution in [-0.2, 0) is 0 Å². The number of fused-ring (bicyclic) bond motifs is 1. The van der Waals surface area contributed by atoms with E-state index < -0.39 is 5.92 Å². The van der Waals surface area contributed by atoms with Crippen molar-refractivity contribution in [3.63, 3.8) is 0 Å². The second-order valence-electron chi connectivity index (χ2n) is 7.55. The summed E-state index contributed by atoms with van der Waals surface area (Å²) in [5.74, 6) is 1.37. The summed E-state index contributed by atoms with van der Waals surface area (Å²) in [6.07, 6.45) is 1.65. The molecular formula is C20H24IN5O2. The molecule has 2 aromatic rings. The second kappa shape index (κ2) is 7.70. The van der Waals surface area contributed by atoms with Gasteiger partial charge in [-0.2, -0.15) is 15.5 Å². The molecule has 0 radical (unpaired) electrons. The number of amidine groups is 1. The van der Waals surface area contributed by atoms with E-state index in [0.29, 0.717) is 17.0 Å². The second-order valence-corrected chi connectivity index (χ2v) is 8.73. The van der Waals surface area contributed by atoms with Crippen LogP contribution in [0.5, 0.6) is 11.5 Å². The standard InChI is InChI=1S/C20H24IN5O2/c1-11(2)26-18(24-20(3,4)19(26)21)13(9-22)14-10-23-25-15-8-17(28-6)16(27-5)7-12(14)15/h7-8,10-11,13,19H,1-6H3. The van der Waals surface area contributed by atoms with Crippen LogP contribution in [0.15, 0.2) is 23.3 Å². The zero-order valence-electron chi connectivity index (χ0n) is 16.9. The highest BCUT2D eigenvalue weighted by molar-refractivity contribution is 14.1. The van der Waals surface area contributed by atoms with Gasteiger partial charge in [-0.3, -0.25) is 4.99 Å². The quantitative estimate of drug-likeness (QED) is 0.357. The van der Waals surface area contributed by atoms with Crippen molar-refractivity contribution in [1.29, 1.82) is 5.26 Å². The van der Waals surface area contributed by atoms with Crippen molar-refractivity contribution in [2.24, 2.45) is 4.99 Å². The van der Waals surface area contributed by atoms with Crippen LogP contribution in [0, 0.1) is 11.3 Å². The number of ether oxygens (including phenoxy) is 2. The smallest absolute Gasteiger partial charge is 0.162 e. The van der Waals surface area contributed by atoms with E-state index in [-0.39, 0.29) is 15.6 Å². The molecule has 1 aliphatic rings. The van der Waals surface area contributed by atoms with Crippen LogP contribution in [-0.4, -0.2) is 50.8 Å². The van der Waals surface area contributed by atoms with Crippen molar-refractivity contribution in [2.75, 3.05) is 14.2 Å². The molecule has 0 aliphatic carbocycles. The molecule has 1 aromatic heterocycles. The summed E-state index contributed by atoms with van der Waals surface area (Å²) in [5, 5.41) is 19.3. The number of rotatable bonds is 5. The normalized spacial score (nSPS) is 19.5. The van der Waals surface area contributed by atoms with Gasteiger partial charge in [0.2, 0.25) is 0 Å². The molecule has 2 unspecified atom stereocenters. The molecular weight excluding hydrogens is 469 g/mol. The van der Waals surface area contributed by atoms with Crippen LogP contribution in [0.1, 0.15) is 39.2 Å². The Bertz CT molecular complexity index is 967. The van der Waals surface area contributed by atoms with Crippen LogP contribution in [0.3, 0.4) is 0 Å². The number of alkyl halides is 1. The number of nitriles is 1. The van der Waals surface area contributed by atoms with Crippen molar-refractivity contribution >= 4 is 39.3 Å². The molecule has 0 bridgehead atoms. The minimum atomic E-state index is -0.558. The van der Waals surface area contributed by atoms with Gasteiger partial charge < -0.3 is 14.4 Å². The van der Waals surface area contributed by atoms with E-state index in [1.807, 2.05) is 6.07 Å². The molecule has 3 rings (SSSR count). The molecule has 8 heteroatoms. The van der Waals surface area contributed by atoms with Crippen molar-refractivity contribution in [3.05, 3.63) is 23.9 Å². The third-order valence-corrected chi connectivity index (χ3v) is 7.05. The Kier molecular flexibility index (Phi) is 5.66. The zero-order valence-corrected chi connectivity index (χ0v) is 19.1. The Morgan fingerprint density at radius 3 is 2.43 bits per heavy atom. The number of benzene rings is 1. The van der Waals surface area contributed by atoms with Crippen LogP contribution >= 0.6 is 22.6 Å². The van der Waals surface area contributed by atoms with Gasteiger partial charge >= 0.3 is 0 Å². The molecule has 28 heavy (non-hydrogen) atoms. The fourth-order valence-corrected chi connectivity index (χ4v) is 4.57. The van der Waals surface area contributed by atoms with Crippen molar-refractivity contribution < 1.29 is 9.47 Å². The van der Waals surface area contributed by atoms with Gasteiger partial charge in [0.05, 0.1) is 37.5 Å². The largest absolute Gasteiger partial charge is 0.493 e. The van der Waals surface area contributed by atoms with Gasteiger partial charge in [0.15, 0.2) is 11.5 Å². The fourth-order valence-electron chi connectivity index (χ4n) is 3.50. The maximum atomic E-state index is 10.1. The molecule has 7 nitrogen and oxygen atoms in total. The Balaban J connectivity index is 2.21. The lowest BCUT2D eigenvalue weighted by atomic mass is 9.95. The van der Waals surface area contributed by atoms with Crippen molar-refractivity contribution in [1.82, 2.24) is 15.1 Å². The van der Waals surface area contributed by atoms with E-state index in [1.54, 1.807) is 26.5 Å². The predicted octanol–water partition coefficient (Wildman–Crippen LogP) is 3.92. The molecule has 2 heterocycles. The molecule has 0 fully saturated rings. The van der Waals surface area contributed by atoms with Gasteiger partial charge in [0.1, 0.15) is 15.8 Å². The first kappa shape index (κ1) is 20.6. The summed E-state index contributed by atoms with van der Waals surface area (Å²) < 4.78 is 11.0. The van der Waals surface area contributed by atoms with Gasteiger partial charge in [-0.1, -0.05) is 22.6 Å². The van der Waals surface area contributed by atoms with Crippen molar-refractivity contribution in [2.45, 2.75) is 49.2 Å². The van der Waals surface area contributed by atoms with Gasteiger partial charge in [-0.15, -0.1) is 0 Å². The number of aliphatic imine (C=N–C) groups is 1. The van der Waals surface area contributed by atoms with E-state index >= 15 is 0 Å². The number of aromatic nitrogens is 2. The first-order valence-corrected chi connectivity index (χ1v) is 10.3. The summed E-state index contributed by atoms with van der Waals surface area (Å²) in [6.45, 7) is 8.43. The number of halogens is 1. The SMILES string of the molecule is COc1cc2nncc(C(C#N)C3=NC(C)(C)C(I)N3C(C)C)c2cc1OC. The van der Waals surface area contributed by atoms with Gasteiger partial charge in [-0.25, -0.2) is 0 Å². The number of hydrogen-bond acceptors (Lipinski definition) is 7. The van der Waals surface area contributed by atoms with Crippen molar-refractivity contribution in [3.8, 4) is 17.6 Å². The highest BCUT2D eigenvalue weighted by atomic mass is 127. The average molecular weight is 493 g/mol. The van der Waals surface area contributed by atoms with E-state index in [4.69, 9.17) is 14.5 Å². The maximum Gasteiger partial charge on any atom is 0.162 e. The molecule has 0 saturated heterocycles.